The summed E-state index contributed by atoms with van der Waals surface area (Å²) in [6, 6.07) is 19.2. The van der Waals surface area contributed by atoms with Gasteiger partial charge in [0.1, 0.15) is 0 Å². The molecule has 0 bridgehead atoms. The van der Waals surface area contributed by atoms with Gasteiger partial charge in [0.25, 0.3) is 0 Å². The zero-order valence-corrected chi connectivity index (χ0v) is 21.9. The van der Waals surface area contributed by atoms with E-state index in [0.29, 0.717) is 12.7 Å². The predicted molar refractivity (Wildman–Crippen MR) is 146 cm³/mol. The van der Waals surface area contributed by atoms with Gasteiger partial charge in [0.05, 0.1) is 12.7 Å². The molecule has 2 aromatic carbocycles. The van der Waals surface area contributed by atoms with Crippen LogP contribution in [0.5, 0.6) is 0 Å². The first kappa shape index (κ1) is 25.7. The Morgan fingerprint density at radius 3 is 2.52 bits per heavy atom. The monoisotopic (exact) mass is 561 g/mol. The average molecular weight is 562 g/mol. The molecular formula is C27H36IN3O2. The number of nitrogens with zero attached hydrogens (tertiary/aromatic N) is 2. The van der Waals surface area contributed by atoms with E-state index >= 15 is 0 Å². The Morgan fingerprint density at radius 2 is 1.79 bits per heavy atom. The first-order valence-corrected chi connectivity index (χ1v) is 11.8. The molecule has 0 atom stereocenters. The van der Waals surface area contributed by atoms with E-state index in [1.54, 1.807) is 0 Å². The summed E-state index contributed by atoms with van der Waals surface area (Å²) in [7, 11) is 1.87. The Kier molecular flexibility index (Phi) is 10.7. The lowest BCUT2D eigenvalue weighted by Crippen LogP contribution is -2.44. The van der Waals surface area contributed by atoms with Crippen LogP contribution in [0.15, 0.2) is 65.2 Å². The number of ether oxygens (including phenoxy) is 2. The van der Waals surface area contributed by atoms with Gasteiger partial charge in [-0.2, -0.15) is 0 Å². The van der Waals surface area contributed by atoms with Crippen molar-refractivity contribution in [3.05, 3.63) is 76.9 Å². The van der Waals surface area contributed by atoms with E-state index in [2.05, 4.69) is 75.9 Å². The fourth-order valence-electron chi connectivity index (χ4n) is 4.33. The summed E-state index contributed by atoms with van der Waals surface area (Å²) < 4.78 is 11.5. The first-order valence-electron chi connectivity index (χ1n) is 11.8. The molecule has 2 aliphatic heterocycles. The summed E-state index contributed by atoms with van der Waals surface area (Å²) in [6.45, 7) is 5.05. The second-order valence-corrected chi connectivity index (χ2v) is 8.54. The number of hydrogen-bond donors (Lipinski definition) is 1. The van der Waals surface area contributed by atoms with E-state index in [-0.39, 0.29) is 24.0 Å². The molecule has 4 rings (SSSR count). The molecule has 2 aromatic rings. The highest BCUT2D eigenvalue weighted by Crippen LogP contribution is 2.20. The number of likely N-dealkylation sites (tertiary alicyclic amines) is 1. The maximum Gasteiger partial charge on any atom is 0.193 e. The van der Waals surface area contributed by atoms with Gasteiger partial charge in [0, 0.05) is 39.9 Å². The van der Waals surface area contributed by atoms with Crippen LogP contribution in [-0.4, -0.2) is 50.3 Å². The van der Waals surface area contributed by atoms with Crippen LogP contribution in [0.25, 0.3) is 6.08 Å². The van der Waals surface area contributed by atoms with Crippen LogP contribution in [-0.2, 0) is 22.6 Å². The SMILES string of the molecule is CN=C(NCc1cccc(COC2CCOCC2)c1)N1CCC(=Cc2ccccc2)CC1.I. The molecule has 33 heavy (non-hydrogen) atoms. The van der Waals surface area contributed by atoms with Crippen LogP contribution in [0.2, 0.25) is 0 Å². The molecule has 0 aliphatic carbocycles. The molecule has 0 saturated carbocycles. The van der Waals surface area contributed by atoms with E-state index in [9.17, 15) is 0 Å². The maximum atomic E-state index is 6.08. The summed E-state index contributed by atoms with van der Waals surface area (Å²) >= 11 is 0. The minimum absolute atomic E-state index is 0. The molecule has 1 N–H and O–H groups in total. The standard InChI is InChI=1S/C27H35N3O2.HI/c1-28-27(30-14-10-23(11-15-30)18-22-6-3-2-4-7-22)29-20-24-8-5-9-25(19-24)21-32-26-12-16-31-17-13-26;/h2-9,18-19,26H,10-17,20-21H2,1H3,(H,28,29);1H. The summed E-state index contributed by atoms with van der Waals surface area (Å²) in [5, 5.41) is 3.55. The summed E-state index contributed by atoms with van der Waals surface area (Å²) in [5.41, 5.74) is 5.28. The molecule has 5 nitrogen and oxygen atoms in total. The highest BCUT2D eigenvalue weighted by molar-refractivity contribution is 14.0. The van der Waals surface area contributed by atoms with Crippen molar-refractivity contribution in [2.45, 2.75) is 44.9 Å². The first-order chi connectivity index (χ1) is 15.8. The quantitative estimate of drug-likeness (QED) is 0.297. The van der Waals surface area contributed by atoms with Crippen molar-refractivity contribution in [2.24, 2.45) is 4.99 Å². The third-order valence-corrected chi connectivity index (χ3v) is 6.18. The molecule has 2 saturated heterocycles. The summed E-state index contributed by atoms with van der Waals surface area (Å²) in [4.78, 5) is 6.89. The Hall–Kier alpha value is -1.90. The van der Waals surface area contributed by atoms with Crippen molar-refractivity contribution in [1.82, 2.24) is 10.2 Å². The van der Waals surface area contributed by atoms with E-state index in [1.807, 2.05) is 7.05 Å². The lowest BCUT2D eigenvalue weighted by molar-refractivity contribution is -0.0390. The van der Waals surface area contributed by atoms with E-state index < -0.39 is 0 Å². The maximum absolute atomic E-state index is 6.08. The topological polar surface area (TPSA) is 46.1 Å². The summed E-state index contributed by atoms with van der Waals surface area (Å²) in [6.07, 6.45) is 6.81. The number of benzene rings is 2. The van der Waals surface area contributed by atoms with Crippen LogP contribution in [0.3, 0.4) is 0 Å². The zero-order valence-electron chi connectivity index (χ0n) is 19.5. The van der Waals surface area contributed by atoms with E-state index in [0.717, 1.165) is 64.5 Å². The summed E-state index contributed by atoms with van der Waals surface area (Å²) in [5.74, 6) is 0.979. The lowest BCUT2D eigenvalue weighted by atomic mass is 10.0. The predicted octanol–water partition coefficient (Wildman–Crippen LogP) is 5.26. The van der Waals surface area contributed by atoms with Gasteiger partial charge in [0.15, 0.2) is 5.96 Å². The van der Waals surface area contributed by atoms with Crippen LogP contribution in [0.4, 0.5) is 0 Å². The normalized spacial score (nSPS) is 17.4. The number of rotatable bonds is 6. The van der Waals surface area contributed by atoms with Crippen LogP contribution in [0, 0.1) is 0 Å². The largest absolute Gasteiger partial charge is 0.381 e. The number of piperidine rings is 1. The van der Waals surface area contributed by atoms with Crippen molar-refractivity contribution in [3.63, 3.8) is 0 Å². The van der Waals surface area contributed by atoms with Crippen molar-refractivity contribution in [2.75, 3.05) is 33.4 Å². The molecule has 2 fully saturated rings. The molecule has 0 amide bonds. The number of guanidine groups is 1. The van der Waals surface area contributed by atoms with Gasteiger partial charge < -0.3 is 19.7 Å². The third-order valence-electron chi connectivity index (χ3n) is 6.18. The fourth-order valence-corrected chi connectivity index (χ4v) is 4.33. The average Bonchev–Trinajstić information content (AvgIpc) is 2.86. The van der Waals surface area contributed by atoms with Crippen molar-refractivity contribution >= 4 is 36.0 Å². The van der Waals surface area contributed by atoms with E-state index in [1.165, 1.54) is 22.3 Å². The third kappa shape index (κ3) is 8.12. The van der Waals surface area contributed by atoms with Crippen molar-refractivity contribution in [1.29, 1.82) is 0 Å². The minimum Gasteiger partial charge on any atom is -0.381 e. The Morgan fingerprint density at radius 1 is 1.06 bits per heavy atom. The Balaban J connectivity index is 0.00000306. The highest BCUT2D eigenvalue weighted by atomic mass is 127. The molecule has 0 spiro atoms. The Labute approximate surface area is 215 Å². The van der Waals surface area contributed by atoms with Crippen molar-refractivity contribution < 1.29 is 9.47 Å². The second-order valence-electron chi connectivity index (χ2n) is 8.54. The van der Waals surface area contributed by atoms with Gasteiger partial charge in [0.2, 0.25) is 0 Å². The zero-order chi connectivity index (χ0) is 22.0. The molecule has 6 heteroatoms. The second kappa shape index (κ2) is 13.7. The minimum atomic E-state index is 0. The number of aliphatic imine (C=N–C) groups is 1. The van der Waals surface area contributed by atoms with Gasteiger partial charge in [-0.3, -0.25) is 4.99 Å². The molecule has 178 valence electrons. The van der Waals surface area contributed by atoms with Gasteiger partial charge in [-0.15, -0.1) is 24.0 Å². The van der Waals surface area contributed by atoms with Crippen LogP contribution < -0.4 is 5.32 Å². The van der Waals surface area contributed by atoms with Gasteiger partial charge in [-0.1, -0.05) is 66.2 Å². The molecule has 2 heterocycles. The van der Waals surface area contributed by atoms with E-state index in [4.69, 9.17) is 9.47 Å². The Bertz CT molecular complexity index is 901. The number of nitrogens with one attached hydrogen (secondary N) is 1. The van der Waals surface area contributed by atoms with Crippen LogP contribution in [0.1, 0.15) is 42.4 Å². The van der Waals surface area contributed by atoms with Gasteiger partial charge >= 0.3 is 0 Å². The number of hydrogen-bond acceptors (Lipinski definition) is 3. The molecule has 2 aliphatic rings. The highest BCUT2D eigenvalue weighted by Gasteiger charge is 2.17. The van der Waals surface area contributed by atoms with Gasteiger partial charge in [-0.05, 0) is 42.4 Å². The molecule has 0 unspecified atom stereocenters. The van der Waals surface area contributed by atoms with Crippen LogP contribution >= 0.6 is 24.0 Å². The fraction of sp³-hybridized carbons (Fsp3) is 0.444. The number of halogens is 1. The smallest absolute Gasteiger partial charge is 0.193 e. The molecule has 0 aromatic heterocycles. The molecule has 0 radical (unpaired) electrons. The van der Waals surface area contributed by atoms with Gasteiger partial charge in [-0.25, -0.2) is 0 Å². The lowest BCUT2D eigenvalue weighted by Gasteiger charge is -2.31. The van der Waals surface area contributed by atoms with Crippen molar-refractivity contribution in [3.8, 4) is 0 Å². The molecular weight excluding hydrogens is 525 g/mol.